The van der Waals surface area contributed by atoms with Crippen LogP contribution in [0.5, 0.6) is 0 Å². The summed E-state index contributed by atoms with van der Waals surface area (Å²) in [6, 6.07) is 17.8. The van der Waals surface area contributed by atoms with Gasteiger partial charge in [0.2, 0.25) is 0 Å². The summed E-state index contributed by atoms with van der Waals surface area (Å²) in [5.41, 5.74) is 3.96. The maximum atomic E-state index is 13.8. The average Bonchev–Trinajstić information content (AvgIpc) is 3.39. The Labute approximate surface area is 216 Å². The molecule has 9 heteroatoms. The van der Waals surface area contributed by atoms with E-state index in [0.29, 0.717) is 27.5 Å². The van der Waals surface area contributed by atoms with E-state index in [0.717, 1.165) is 40.1 Å². The molecule has 0 unspecified atom stereocenters. The second-order valence-electron chi connectivity index (χ2n) is 8.13. The Bertz CT molecular complexity index is 1430. The highest BCUT2D eigenvalue weighted by molar-refractivity contribution is 7.99. The fourth-order valence-corrected chi connectivity index (χ4v) is 5.49. The first-order valence-corrected chi connectivity index (χ1v) is 13.1. The molecule has 0 aliphatic carbocycles. The minimum Gasteiger partial charge on any atom is -0.349 e. The van der Waals surface area contributed by atoms with E-state index < -0.39 is 11.7 Å². The van der Waals surface area contributed by atoms with Gasteiger partial charge in [-0.05, 0) is 74.4 Å². The molecule has 5 nitrogen and oxygen atoms in total. The Hall–Kier alpha value is -3.48. The molecule has 4 aromatic rings. The van der Waals surface area contributed by atoms with Gasteiger partial charge in [0.15, 0.2) is 5.13 Å². The Morgan fingerprint density at radius 1 is 1.22 bits per heavy atom. The number of hydrogen-bond donors (Lipinski definition) is 0. The van der Waals surface area contributed by atoms with E-state index in [2.05, 4.69) is 22.5 Å². The van der Waals surface area contributed by atoms with E-state index >= 15 is 0 Å². The van der Waals surface area contributed by atoms with Gasteiger partial charge >= 0.3 is 0 Å². The highest BCUT2D eigenvalue weighted by Crippen LogP contribution is 2.36. The van der Waals surface area contributed by atoms with Gasteiger partial charge in [-0.25, -0.2) is 4.98 Å². The van der Waals surface area contributed by atoms with E-state index in [1.807, 2.05) is 44.2 Å². The fraction of sp³-hybridized carbons (Fsp3) is 0.222. The van der Waals surface area contributed by atoms with E-state index in [4.69, 9.17) is 0 Å². The molecule has 0 radical (unpaired) electrons. The molecule has 0 spiro atoms. The molecule has 36 heavy (non-hydrogen) atoms. The lowest BCUT2D eigenvalue weighted by Gasteiger charge is -2.20. The van der Waals surface area contributed by atoms with Gasteiger partial charge in [-0.3, -0.25) is 9.69 Å². The molecule has 2 aromatic heterocycles. The zero-order valence-electron chi connectivity index (χ0n) is 20.0. The van der Waals surface area contributed by atoms with Crippen molar-refractivity contribution in [2.75, 3.05) is 4.90 Å². The van der Waals surface area contributed by atoms with Gasteiger partial charge in [0.1, 0.15) is 11.6 Å². The summed E-state index contributed by atoms with van der Waals surface area (Å²) in [6.45, 7) is 6.92. The molecule has 1 amide bonds. The Kier molecular flexibility index (Phi) is 7.87. The molecule has 0 aliphatic rings. The summed E-state index contributed by atoms with van der Waals surface area (Å²) in [5.74, 6) is -3.08. The minimum atomic E-state index is -2.54. The van der Waals surface area contributed by atoms with Gasteiger partial charge in [0.25, 0.3) is 11.7 Å². The van der Waals surface area contributed by atoms with Crippen molar-refractivity contribution in [3.63, 3.8) is 0 Å². The number of aryl methyl sites for hydroxylation is 1. The Balaban J connectivity index is 1.79. The van der Waals surface area contributed by atoms with Crippen LogP contribution < -0.4 is 4.90 Å². The van der Waals surface area contributed by atoms with E-state index in [9.17, 15) is 18.8 Å². The molecule has 2 aromatic carbocycles. The number of benzene rings is 2. The average molecular weight is 523 g/mol. The number of thioether (sulfide) groups is 1. The van der Waals surface area contributed by atoms with E-state index in [1.54, 1.807) is 18.2 Å². The number of halogens is 2. The van der Waals surface area contributed by atoms with E-state index in [-0.39, 0.29) is 5.57 Å². The van der Waals surface area contributed by atoms with Crippen LogP contribution >= 0.6 is 23.1 Å². The lowest BCUT2D eigenvalue weighted by Crippen LogP contribution is -2.27. The molecule has 4 rings (SSSR count). The molecule has 0 bridgehead atoms. The number of thiazole rings is 1. The summed E-state index contributed by atoms with van der Waals surface area (Å²) in [4.78, 5) is 20.2. The lowest BCUT2D eigenvalue weighted by molar-refractivity contribution is -0.114. The van der Waals surface area contributed by atoms with Gasteiger partial charge < -0.3 is 4.57 Å². The van der Waals surface area contributed by atoms with Crippen LogP contribution in [0, 0.1) is 25.2 Å². The maximum absolute atomic E-state index is 13.8. The van der Waals surface area contributed by atoms with Crippen molar-refractivity contribution in [3.05, 3.63) is 77.1 Å². The first-order chi connectivity index (χ1) is 17.3. The number of carbonyl (C=O) groups excluding carboxylic acids is 1. The van der Waals surface area contributed by atoms with Crippen molar-refractivity contribution in [2.24, 2.45) is 0 Å². The first-order valence-electron chi connectivity index (χ1n) is 11.4. The van der Waals surface area contributed by atoms with Gasteiger partial charge in [-0.2, -0.15) is 14.0 Å². The number of amides is 1. The summed E-state index contributed by atoms with van der Waals surface area (Å²) < 4.78 is 28.7. The largest absolute Gasteiger partial charge is 0.349 e. The van der Waals surface area contributed by atoms with Crippen LogP contribution in [-0.4, -0.2) is 21.2 Å². The fourth-order valence-electron chi connectivity index (χ4n) is 4.01. The van der Waals surface area contributed by atoms with Crippen LogP contribution in [-0.2, 0) is 11.3 Å². The normalized spacial score (nSPS) is 11.8. The minimum absolute atomic E-state index is 0.0444. The van der Waals surface area contributed by atoms with Gasteiger partial charge in [0.05, 0.1) is 15.9 Å². The quantitative estimate of drug-likeness (QED) is 0.135. The molecule has 0 saturated heterocycles. The lowest BCUT2D eigenvalue weighted by atomic mass is 10.1. The highest BCUT2D eigenvalue weighted by atomic mass is 32.2. The summed E-state index contributed by atoms with van der Waals surface area (Å²) in [7, 11) is 0. The number of hydrogen-bond acceptors (Lipinski definition) is 5. The number of fused-ring (bicyclic) bond motifs is 1. The van der Waals surface area contributed by atoms with Crippen molar-refractivity contribution in [3.8, 4) is 6.07 Å². The van der Waals surface area contributed by atoms with Crippen LogP contribution in [0.3, 0.4) is 0 Å². The van der Waals surface area contributed by atoms with Crippen LogP contribution in [0.25, 0.3) is 16.3 Å². The van der Waals surface area contributed by atoms with Crippen LogP contribution in [0.4, 0.5) is 19.6 Å². The number of rotatable bonds is 8. The van der Waals surface area contributed by atoms with Gasteiger partial charge in [-0.1, -0.05) is 42.2 Å². The summed E-state index contributed by atoms with van der Waals surface area (Å²) >= 11 is 1.75. The van der Waals surface area contributed by atoms with Gasteiger partial charge in [-0.15, -0.1) is 0 Å². The third-order valence-corrected chi connectivity index (χ3v) is 7.45. The Morgan fingerprint density at radius 2 is 1.94 bits per heavy atom. The molecular formula is C27H24F2N4OS2. The SMILES string of the molecule is CCCn1c(C)cc(C=C(C#N)C(=O)N(c2ccc(SC(F)F)cc2)c2nc3ccccc3s2)c1C. The summed E-state index contributed by atoms with van der Waals surface area (Å²) in [5, 5.41) is 10.4. The molecule has 184 valence electrons. The van der Waals surface area contributed by atoms with Crippen molar-refractivity contribution in [1.82, 2.24) is 9.55 Å². The third kappa shape index (κ3) is 5.35. The molecule has 0 aliphatic heterocycles. The molecule has 0 saturated carbocycles. The molecule has 2 heterocycles. The number of para-hydroxylation sites is 1. The smallest absolute Gasteiger partial charge is 0.288 e. The van der Waals surface area contributed by atoms with Crippen molar-refractivity contribution in [2.45, 2.75) is 44.4 Å². The Morgan fingerprint density at radius 3 is 2.58 bits per heavy atom. The molecule has 0 N–H and O–H groups in total. The number of aromatic nitrogens is 2. The number of nitrogens with zero attached hydrogens (tertiary/aromatic N) is 4. The third-order valence-electron chi connectivity index (χ3n) is 5.71. The topological polar surface area (TPSA) is 61.9 Å². The second-order valence-corrected chi connectivity index (χ2v) is 10.2. The standard InChI is InChI=1S/C27H24F2N4OS2/c1-4-13-32-17(2)14-19(18(32)3)15-20(16-30)25(34)33(21-9-11-22(12-10-21)35-26(28)29)27-31-23-7-5-6-8-24(23)36-27/h5-12,14-15,26H,4,13H2,1-3H3. The van der Waals surface area contributed by atoms with E-state index in [1.165, 1.54) is 28.4 Å². The van der Waals surface area contributed by atoms with Crippen molar-refractivity contribution < 1.29 is 13.6 Å². The highest BCUT2D eigenvalue weighted by Gasteiger charge is 2.26. The second kappa shape index (κ2) is 11.1. The number of nitriles is 1. The predicted molar refractivity (Wildman–Crippen MR) is 143 cm³/mol. The van der Waals surface area contributed by atoms with Gasteiger partial charge in [0, 0.05) is 22.8 Å². The van der Waals surface area contributed by atoms with Crippen LogP contribution in [0.2, 0.25) is 0 Å². The van der Waals surface area contributed by atoms with Crippen LogP contribution in [0.15, 0.2) is 65.1 Å². The monoisotopic (exact) mass is 522 g/mol. The zero-order valence-corrected chi connectivity index (χ0v) is 21.7. The van der Waals surface area contributed by atoms with Crippen molar-refractivity contribution in [1.29, 1.82) is 5.26 Å². The molecular weight excluding hydrogens is 498 g/mol. The molecule has 0 fully saturated rings. The number of carbonyl (C=O) groups is 1. The number of alkyl halides is 2. The zero-order chi connectivity index (χ0) is 25.8. The summed E-state index contributed by atoms with van der Waals surface area (Å²) in [6.07, 6.45) is 2.58. The first kappa shape index (κ1) is 25.6. The maximum Gasteiger partial charge on any atom is 0.288 e. The van der Waals surface area contributed by atoms with Crippen molar-refractivity contribution >= 4 is 56.1 Å². The molecule has 0 atom stereocenters. The van der Waals surface area contributed by atoms with Crippen LogP contribution in [0.1, 0.15) is 30.3 Å². The predicted octanol–water partition coefficient (Wildman–Crippen LogP) is 7.71. The number of anilines is 2.